The first kappa shape index (κ1) is 33.7. The van der Waals surface area contributed by atoms with Gasteiger partial charge in [0, 0.05) is 71.8 Å². The molecule has 1 aliphatic rings. The molecule has 0 aliphatic carbocycles. The molecule has 0 bridgehead atoms. The largest absolute Gasteiger partial charge is 0.464 e. The summed E-state index contributed by atoms with van der Waals surface area (Å²) in [6, 6.07) is 20.6. The lowest BCUT2D eigenvalue weighted by Gasteiger charge is -2.34. The van der Waals surface area contributed by atoms with E-state index in [-0.39, 0.29) is 0 Å². The van der Waals surface area contributed by atoms with Gasteiger partial charge in [0.05, 0.1) is 36.6 Å². The first-order valence-corrected chi connectivity index (χ1v) is 17.8. The second-order valence-electron chi connectivity index (χ2n) is 13.4. The molecule has 4 aromatic heterocycles. The number of carbonyl (C=O) groups excluding carboxylic acids is 2. The van der Waals surface area contributed by atoms with Crippen molar-refractivity contribution >= 4 is 55.6 Å². The lowest BCUT2D eigenvalue weighted by atomic mass is 10.1. The number of pyridine rings is 2. The Kier molecular flexibility index (Phi) is 9.83. The monoisotopic (exact) mass is 674 g/mol. The summed E-state index contributed by atoms with van der Waals surface area (Å²) in [5, 5.41) is 4.40. The lowest BCUT2D eigenvalue weighted by molar-refractivity contribution is 0.0585. The number of aryl methyl sites for hydroxylation is 4. The predicted molar refractivity (Wildman–Crippen MR) is 198 cm³/mol. The number of para-hydroxylation sites is 2. The number of carbonyl (C=O) groups is 2. The number of rotatable bonds is 12. The van der Waals surface area contributed by atoms with Crippen molar-refractivity contribution in [2.24, 2.45) is 0 Å². The second kappa shape index (κ2) is 14.6. The Labute approximate surface area is 292 Å². The van der Waals surface area contributed by atoms with Crippen molar-refractivity contribution in [3.63, 3.8) is 0 Å². The van der Waals surface area contributed by atoms with Crippen molar-refractivity contribution in [1.29, 1.82) is 0 Å². The van der Waals surface area contributed by atoms with Gasteiger partial charge in [0.1, 0.15) is 11.4 Å². The van der Waals surface area contributed by atoms with Gasteiger partial charge in [-0.3, -0.25) is 0 Å². The molecule has 0 N–H and O–H groups in total. The van der Waals surface area contributed by atoms with Crippen LogP contribution in [0.4, 0.5) is 0 Å². The molecule has 0 unspecified atom stereocenters. The van der Waals surface area contributed by atoms with Crippen LogP contribution < -0.4 is 0 Å². The molecule has 1 fully saturated rings. The van der Waals surface area contributed by atoms with Crippen molar-refractivity contribution < 1.29 is 19.1 Å². The van der Waals surface area contributed by atoms with Gasteiger partial charge in [-0.15, -0.1) is 0 Å². The topological polar surface area (TPSA) is 94.7 Å². The van der Waals surface area contributed by atoms with E-state index in [4.69, 9.17) is 9.47 Å². The molecular formula is C40H46N6O4. The van der Waals surface area contributed by atoms with Gasteiger partial charge in [-0.2, -0.15) is 0 Å². The Morgan fingerprint density at radius 1 is 0.580 bits per heavy atom. The highest BCUT2D eigenvalue weighted by Crippen LogP contribution is 2.33. The highest BCUT2D eigenvalue weighted by Gasteiger charge is 2.20. The first-order chi connectivity index (χ1) is 24.4. The highest BCUT2D eigenvalue weighted by molar-refractivity contribution is 6.11. The fourth-order valence-corrected chi connectivity index (χ4v) is 7.87. The minimum absolute atomic E-state index is 0.354. The number of methoxy groups -OCH3 is 2. The third kappa shape index (κ3) is 6.45. The summed E-state index contributed by atoms with van der Waals surface area (Å²) in [4.78, 5) is 38.9. The van der Waals surface area contributed by atoms with E-state index in [0.29, 0.717) is 11.4 Å². The average Bonchev–Trinajstić information content (AvgIpc) is 3.64. The number of aromatic nitrogens is 4. The van der Waals surface area contributed by atoms with Gasteiger partial charge in [-0.05, 0) is 76.9 Å². The van der Waals surface area contributed by atoms with Crippen molar-refractivity contribution in [3.8, 4) is 0 Å². The molecule has 260 valence electrons. The third-order valence-electron chi connectivity index (χ3n) is 10.3. The maximum Gasteiger partial charge on any atom is 0.356 e. The van der Waals surface area contributed by atoms with Crippen LogP contribution in [0.1, 0.15) is 58.0 Å². The Bertz CT molecular complexity index is 2040. The van der Waals surface area contributed by atoms with Crippen LogP contribution in [-0.2, 0) is 22.6 Å². The molecule has 1 aliphatic heterocycles. The summed E-state index contributed by atoms with van der Waals surface area (Å²) < 4.78 is 14.7. The van der Waals surface area contributed by atoms with Gasteiger partial charge in [0.15, 0.2) is 0 Å². The summed E-state index contributed by atoms with van der Waals surface area (Å²) in [6.45, 7) is 12.4. The molecule has 10 heteroatoms. The van der Waals surface area contributed by atoms with E-state index in [0.717, 1.165) is 122 Å². The fourth-order valence-electron chi connectivity index (χ4n) is 7.87. The standard InChI is InChI=1S/C40H46N6O4/c1-27-37-31(25-33(41-27)39(47)49-3)29-13-5-7-15-35(29)45(37)19-11-9-17-43-21-23-44(24-22-43)18-10-12-20-46-36-16-8-6-14-30(36)32-26-34(40(48)50-4)42-28(2)38(32)46/h5-8,13-16,25-26H,9-12,17-24H2,1-4H3. The van der Waals surface area contributed by atoms with Crippen LogP contribution in [0.25, 0.3) is 43.6 Å². The van der Waals surface area contributed by atoms with Gasteiger partial charge in [0.25, 0.3) is 0 Å². The van der Waals surface area contributed by atoms with Crippen molar-refractivity contribution in [2.45, 2.75) is 52.6 Å². The molecule has 0 spiro atoms. The zero-order valence-corrected chi connectivity index (χ0v) is 29.6. The summed E-state index contributed by atoms with van der Waals surface area (Å²) in [6.07, 6.45) is 4.42. The van der Waals surface area contributed by atoms with E-state index in [9.17, 15) is 9.59 Å². The molecule has 1 saturated heterocycles. The number of unbranched alkanes of at least 4 members (excludes halogenated alkanes) is 2. The highest BCUT2D eigenvalue weighted by atomic mass is 16.5. The average molecular weight is 675 g/mol. The van der Waals surface area contributed by atoms with Crippen LogP contribution in [0.15, 0.2) is 60.7 Å². The predicted octanol–water partition coefficient (Wildman–Crippen LogP) is 6.76. The van der Waals surface area contributed by atoms with Crippen molar-refractivity contribution in [1.82, 2.24) is 28.9 Å². The molecular weight excluding hydrogens is 628 g/mol. The van der Waals surface area contributed by atoms with Gasteiger partial charge in [0.2, 0.25) is 0 Å². The Morgan fingerprint density at radius 2 is 0.960 bits per heavy atom. The maximum atomic E-state index is 12.3. The van der Waals surface area contributed by atoms with E-state index in [1.54, 1.807) is 0 Å². The Hall–Kier alpha value is -4.80. The van der Waals surface area contributed by atoms with Crippen LogP contribution in [0.3, 0.4) is 0 Å². The fraction of sp³-hybridized carbons (Fsp3) is 0.400. The molecule has 0 amide bonds. The quantitative estimate of drug-likeness (QED) is 0.104. The van der Waals surface area contributed by atoms with E-state index in [1.807, 2.05) is 38.1 Å². The molecule has 0 atom stereocenters. The van der Waals surface area contributed by atoms with E-state index >= 15 is 0 Å². The van der Waals surface area contributed by atoms with Crippen LogP contribution in [0.2, 0.25) is 0 Å². The molecule has 2 aromatic carbocycles. The first-order valence-electron chi connectivity index (χ1n) is 17.8. The summed E-state index contributed by atoms with van der Waals surface area (Å²) in [7, 11) is 2.79. The Balaban J connectivity index is 0.901. The number of nitrogens with zero attached hydrogens (tertiary/aromatic N) is 6. The molecule has 7 rings (SSSR count). The number of hydrogen-bond donors (Lipinski definition) is 0. The number of ether oxygens (including phenoxy) is 2. The van der Waals surface area contributed by atoms with Crippen LogP contribution in [0.5, 0.6) is 0 Å². The second-order valence-corrected chi connectivity index (χ2v) is 13.4. The van der Waals surface area contributed by atoms with Gasteiger partial charge in [-0.25, -0.2) is 19.6 Å². The van der Waals surface area contributed by atoms with E-state index in [2.05, 4.69) is 65.3 Å². The molecule has 0 radical (unpaired) electrons. The smallest absolute Gasteiger partial charge is 0.356 e. The SMILES string of the molecule is COC(=O)c1cc2c3ccccc3n(CCCCN3CCN(CCCCn4c5ccccc5c5cc(C(=O)OC)nc(C)c54)CC3)c2c(C)n1. The minimum Gasteiger partial charge on any atom is -0.464 e. The number of benzene rings is 2. The summed E-state index contributed by atoms with van der Waals surface area (Å²) in [5.41, 5.74) is 6.98. The number of hydrogen-bond acceptors (Lipinski definition) is 8. The summed E-state index contributed by atoms with van der Waals surface area (Å²) in [5.74, 6) is -0.811. The lowest BCUT2D eigenvalue weighted by Crippen LogP contribution is -2.46. The van der Waals surface area contributed by atoms with Gasteiger partial charge < -0.3 is 28.4 Å². The van der Waals surface area contributed by atoms with Crippen LogP contribution >= 0.6 is 0 Å². The van der Waals surface area contributed by atoms with Gasteiger partial charge >= 0.3 is 11.9 Å². The van der Waals surface area contributed by atoms with Crippen LogP contribution in [0, 0.1) is 13.8 Å². The number of esters is 2. The van der Waals surface area contributed by atoms with E-state index in [1.165, 1.54) is 25.3 Å². The normalized spacial score (nSPS) is 14.3. The third-order valence-corrected chi connectivity index (χ3v) is 10.3. The van der Waals surface area contributed by atoms with E-state index < -0.39 is 11.9 Å². The molecule has 10 nitrogen and oxygen atoms in total. The van der Waals surface area contributed by atoms with Crippen molar-refractivity contribution in [2.75, 3.05) is 53.5 Å². The summed E-state index contributed by atoms with van der Waals surface area (Å²) >= 11 is 0. The van der Waals surface area contributed by atoms with Gasteiger partial charge in [-0.1, -0.05) is 36.4 Å². The zero-order chi connectivity index (χ0) is 34.8. The van der Waals surface area contributed by atoms with Crippen molar-refractivity contribution in [3.05, 3.63) is 83.4 Å². The van der Waals surface area contributed by atoms with Crippen LogP contribution in [-0.4, -0.2) is 94.3 Å². The number of piperazine rings is 1. The molecule has 5 heterocycles. The maximum absolute atomic E-state index is 12.3. The number of fused-ring (bicyclic) bond motifs is 6. The molecule has 6 aromatic rings. The molecule has 0 saturated carbocycles. The minimum atomic E-state index is -0.406. The Morgan fingerprint density at radius 3 is 1.36 bits per heavy atom. The molecule has 50 heavy (non-hydrogen) atoms. The zero-order valence-electron chi connectivity index (χ0n) is 29.6.